The van der Waals surface area contributed by atoms with Crippen molar-refractivity contribution in [3.05, 3.63) is 70.3 Å². The standard InChI is InChI=1S/C16H10O7/c17-13(8-2-1-3-10(6-8)14(18)19)9-4-5-11(15(20)21)12(7-9)16(22)23/h1-7H,(H,18,19)(H,20,21)(H,22,23). The third-order valence-corrected chi connectivity index (χ3v) is 3.11. The van der Waals surface area contributed by atoms with Gasteiger partial charge in [-0.05, 0) is 24.3 Å². The van der Waals surface area contributed by atoms with Crippen molar-refractivity contribution in [3.63, 3.8) is 0 Å². The van der Waals surface area contributed by atoms with Gasteiger partial charge >= 0.3 is 17.9 Å². The molecule has 3 N–H and O–H groups in total. The fourth-order valence-electron chi connectivity index (χ4n) is 2.01. The lowest BCUT2D eigenvalue weighted by Crippen LogP contribution is -2.11. The summed E-state index contributed by atoms with van der Waals surface area (Å²) < 4.78 is 0. The van der Waals surface area contributed by atoms with E-state index in [4.69, 9.17) is 15.3 Å². The highest BCUT2D eigenvalue weighted by Gasteiger charge is 2.19. The molecule has 0 unspecified atom stereocenters. The van der Waals surface area contributed by atoms with Crippen LogP contribution in [0.15, 0.2) is 42.5 Å². The van der Waals surface area contributed by atoms with E-state index in [1.807, 2.05) is 0 Å². The van der Waals surface area contributed by atoms with Gasteiger partial charge in [0.05, 0.1) is 16.7 Å². The second kappa shape index (κ2) is 6.10. The van der Waals surface area contributed by atoms with Gasteiger partial charge < -0.3 is 15.3 Å². The van der Waals surface area contributed by atoms with E-state index in [1.54, 1.807) is 0 Å². The Kier molecular flexibility index (Phi) is 4.22. The molecule has 7 nitrogen and oxygen atoms in total. The summed E-state index contributed by atoms with van der Waals surface area (Å²) in [5.74, 6) is -4.70. The Bertz CT molecular complexity index is 836. The molecular weight excluding hydrogens is 304 g/mol. The molecule has 2 aromatic rings. The van der Waals surface area contributed by atoms with Gasteiger partial charge in [0.1, 0.15) is 0 Å². The molecule has 0 fully saturated rings. The summed E-state index contributed by atoms with van der Waals surface area (Å²) in [5.41, 5.74) is -1.03. The van der Waals surface area contributed by atoms with Crippen molar-refractivity contribution in [2.75, 3.05) is 0 Å². The molecule has 0 amide bonds. The van der Waals surface area contributed by atoms with E-state index in [0.29, 0.717) is 0 Å². The molecule has 116 valence electrons. The molecule has 0 radical (unpaired) electrons. The highest BCUT2D eigenvalue weighted by molar-refractivity contribution is 6.12. The van der Waals surface area contributed by atoms with Crippen LogP contribution in [0.1, 0.15) is 47.0 Å². The third-order valence-electron chi connectivity index (χ3n) is 3.11. The summed E-state index contributed by atoms with van der Waals surface area (Å²) in [7, 11) is 0. The largest absolute Gasteiger partial charge is 0.478 e. The van der Waals surface area contributed by atoms with Gasteiger partial charge in [0.15, 0.2) is 5.78 Å². The minimum Gasteiger partial charge on any atom is -0.478 e. The Labute approximate surface area is 129 Å². The number of aromatic carboxylic acids is 3. The van der Waals surface area contributed by atoms with Crippen molar-refractivity contribution in [3.8, 4) is 0 Å². The smallest absolute Gasteiger partial charge is 0.336 e. The number of rotatable bonds is 5. The summed E-state index contributed by atoms with van der Waals surface area (Å²) >= 11 is 0. The second-order valence-corrected chi connectivity index (χ2v) is 4.59. The fraction of sp³-hybridized carbons (Fsp3) is 0. The third kappa shape index (κ3) is 3.24. The minimum atomic E-state index is -1.48. The SMILES string of the molecule is O=C(O)c1cccc(C(=O)c2ccc(C(=O)O)c(C(=O)O)c2)c1. The zero-order chi connectivity index (χ0) is 17.1. The number of carboxylic acids is 3. The van der Waals surface area contributed by atoms with Crippen LogP contribution >= 0.6 is 0 Å². The molecule has 0 saturated carbocycles. The maximum absolute atomic E-state index is 12.3. The lowest BCUT2D eigenvalue weighted by Gasteiger charge is -2.06. The summed E-state index contributed by atoms with van der Waals surface area (Å²) in [6, 6.07) is 8.43. The van der Waals surface area contributed by atoms with Crippen LogP contribution in [-0.4, -0.2) is 39.0 Å². The van der Waals surface area contributed by atoms with E-state index in [-0.39, 0.29) is 16.7 Å². The molecule has 0 spiro atoms. The van der Waals surface area contributed by atoms with Crippen LogP contribution in [0.5, 0.6) is 0 Å². The Morgan fingerprint density at radius 1 is 0.609 bits per heavy atom. The molecule has 0 atom stereocenters. The van der Waals surface area contributed by atoms with Crippen molar-refractivity contribution in [1.82, 2.24) is 0 Å². The number of benzene rings is 2. The van der Waals surface area contributed by atoms with Crippen molar-refractivity contribution < 1.29 is 34.5 Å². The van der Waals surface area contributed by atoms with Gasteiger partial charge in [-0.25, -0.2) is 14.4 Å². The van der Waals surface area contributed by atoms with Crippen LogP contribution in [0.4, 0.5) is 0 Å². The molecule has 0 aromatic heterocycles. The average molecular weight is 314 g/mol. The van der Waals surface area contributed by atoms with Crippen LogP contribution in [0.2, 0.25) is 0 Å². The first-order valence-electron chi connectivity index (χ1n) is 6.30. The molecule has 23 heavy (non-hydrogen) atoms. The Morgan fingerprint density at radius 3 is 1.74 bits per heavy atom. The maximum Gasteiger partial charge on any atom is 0.336 e. The molecule has 2 rings (SSSR count). The maximum atomic E-state index is 12.3. The fourth-order valence-corrected chi connectivity index (χ4v) is 2.01. The normalized spacial score (nSPS) is 10.1. The second-order valence-electron chi connectivity index (χ2n) is 4.59. The van der Waals surface area contributed by atoms with Crippen molar-refractivity contribution >= 4 is 23.7 Å². The highest BCUT2D eigenvalue weighted by atomic mass is 16.4. The topological polar surface area (TPSA) is 129 Å². The molecule has 0 aliphatic rings. The van der Waals surface area contributed by atoms with E-state index in [0.717, 1.165) is 18.2 Å². The van der Waals surface area contributed by atoms with Crippen LogP contribution < -0.4 is 0 Å². The summed E-state index contributed by atoms with van der Waals surface area (Å²) in [4.78, 5) is 45.4. The lowest BCUT2D eigenvalue weighted by atomic mass is 9.97. The Hall–Kier alpha value is -3.48. The molecule has 0 saturated heterocycles. The molecule has 7 heteroatoms. The molecule has 0 bridgehead atoms. The van der Waals surface area contributed by atoms with Gasteiger partial charge in [0.25, 0.3) is 0 Å². The number of ketones is 1. The van der Waals surface area contributed by atoms with E-state index in [2.05, 4.69) is 0 Å². The number of carbonyl (C=O) groups excluding carboxylic acids is 1. The summed E-state index contributed by atoms with van der Waals surface area (Å²) in [5, 5.41) is 26.9. The predicted octanol–water partition coefficient (Wildman–Crippen LogP) is 2.01. The number of carbonyl (C=O) groups is 4. The zero-order valence-corrected chi connectivity index (χ0v) is 11.5. The van der Waals surface area contributed by atoms with Gasteiger partial charge in [-0.1, -0.05) is 18.2 Å². The Morgan fingerprint density at radius 2 is 1.17 bits per heavy atom. The number of hydrogen-bond acceptors (Lipinski definition) is 4. The predicted molar refractivity (Wildman–Crippen MR) is 77.2 cm³/mol. The number of hydrogen-bond donors (Lipinski definition) is 3. The quantitative estimate of drug-likeness (QED) is 0.720. The summed E-state index contributed by atoms with van der Waals surface area (Å²) in [6.45, 7) is 0. The lowest BCUT2D eigenvalue weighted by molar-refractivity contribution is 0.0651. The average Bonchev–Trinajstić information content (AvgIpc) is 2.53. The first-order valence-corrected chi connectivity index (χ1v) is 6.30. The number of carboxylic acid groups (broad SMARTS) is 3. The highest BCUT2D eigenvalue weighted by Crippen LogP contribution is 2.17. The summed E-state index contributed by atoms with van der Waals surface area (Å²) in [6.07, 6.45) is 0. The van der Waals surface area contributed by atoms with Gasteiger partial charge in [0, 0.05) is 11.1 Å². The minimum absolute atomic E-state index is 0.0464. The molecule has 0 aliphatic carbocycles. The van der Waals surface area contributed by atoms with Crippen LogP contribution in [-0.2, 0) is 0 Å². The van der Waals surface area contributed by atoms with E-state index in [1.165, 1.54) is 24.3 Å². The Balaban J connectivity index is 2.50. The monoisotopic (exact) mass is 314 g/mol. The molecular formula is C16H10O7. The van der Waals surface area contributed by atoms with Gasteiger partial charge in [0.2, 0.25) is 0 Å². The van der Waals surface area contributed by atoms with E-state index in [9.17, 15) is 19.2 Å². The zero-order valence-electron chi connectivity index (χ0n) is 11.5. The van der Waals surface area contributed by atoms with E-state index >= 15 is 0 Å². The van der Waals surface area contributed by atoms with Gasteiger partial charge in [-0.15, -0.1) is 0 Å². The van der Waals surface area contributed by atoms with Crippen molar-refractivity contribution in [2.45, 2.75) is 0 Å². The molecule has 2 aromatic carbocycles. The van der Waals surface area contributed by atoms with E-state index < -0.39 is 34.8 Å². The molecule has 0 aliphatic heterocycles. The van der Waals surface area contributed by atoms with Crippen molar-refractivity contribution in [1.29, 1.82) is 0 Å². The van der Waals surface area contributed by atoms with Crippen molar-refractivity contribution in [2.24, 2.45) is 0 Å². The van der Waals surface area contributed by atoms with Gasteiger partial charge in [-0.2, -0.15) is 0 Å². The van der Waals surface area contributed by atoms with Gasteiger partial charge in [-0.3, -0.25) is 4.79 Å². The molecule has 0 heterocycles. The van der Waals surface area contributed by atoms with Crippen LogP contribution in [0.25, 0.3) is 0 Å². The first-order chi connectivity index (χ1) is 10.8. The van der Waals surface area contributed by atoms with Crippen LogP contribution in [0.3, 0.4) is 0 Å². The van der Waals surface area contributed by atoms with Crippen LogP contribution in [0, 0.1) is 0 Å². The first kappa shape index (κ1) is 15.9.